The van der Waals surface area contributed by atoms with Gasteiger partial charge in [0, 0.05) is 36.3 Å². The van der Waals surface area contributed by atoms with Crippen molar-refractivity contribution in [1.29, 1.82) is 0 Å². The summed E-state index contributed by atoms with van der Waals surface area (Å²) in [4.78, 5) is 12.8. The van der Waals surface area contributed by atoms with Crippen LogP contribution in [-0.2, 0) is 48.5 Å². The van der Waals surface area contributed by atoms with E-state index in [2.05, 4.69) is 40.5 Å². The van der Waals surface area contributed by atoms with E-state index in [9.17, 15) is 9.90 Å². The van der Waals surface area contributed by atoms with Crippen molar-refractivity contribution < 1.29 is 24.1 Å². The monoisotopic (exact) mass is 557 g/mol. The summed E-state index contributed by atoms with van der Waals surface area (Å²) in [5.41, 5.74) is 8.55. The molecule has 2 aromatic carbocycles. The molecule has 0 atom stereocenters. The number of aromatic carboxylic acids is 1. The molecule has 2 N–H and O–H groups in total. The topological polar surface area (TPSA) is 98.6 Å². The molecular weight excluding hydrogens is 518 g/mol. The second kappa shape index (κ2) is 12.5. The first-order chi connectivity index (χ1) is 20.2. The fourth-order valence-corrected chi connectivity index (χ4v) is 6.51. The Morgan fingerprint density at radius 3 is 2.88 bits per heavy atom. The number of hydrogen-bond donors (Lipinski definition) is 2. The van der Waals surface area contributed by atoms with E-state index < -0.39 is 5.97 Å². The zero-order valence-electron chi connectivity index (χ0n) is 23.8. The second-order valence-corrected chi connectivity index (χ2v) is 11.0. The summed E-state index contributed by atoms with van der Waals surface area (Å²) in [7, 11) is 0. The third kappa shape index (κ3) is 5.51. The predicted octanol–water partition coefficient (Wildman–Crippen LogP) is 6.47. The first-order valence-corrected chi connectivity index (χ1v) is 15.0. The third-order valence-corrected chi connectivity index (χ3v) is 8.37. The Labute approximate surface area is 240 Å². The van der Waals surface area contributed by atoms with Gasteiger partial charge in [0.1, 0.15) is 11.4 Å². The molecule has 0 unspecified atom stereocenters. The van der Waals surface area contributed by atoms with Crippen LogP contribution in [0.15, 0.2) is 36.4 Å². The van der Waals surface area contributed by atoms with Crippen molar-refractivity contribution in [1.82, 2.24) is 14.8 Å². The number of fused-ring (bicyclic) bond motifs is 3. The molecule has 2 aromatic heterocycles. The number of hydrogen-bond acceptors (Lipinski definition) is 5. The van der Waals surface area contributed by atoms with Gasteiger partial charge in [-0.15, -0.1) is 0 Å². The van der Waals surface area contributed by atoms with Crippen molar-refractivity contribution in [3.05, 3.63) is 70.2 Å². The predicted molar refractivity (Wildman–Crippen MR) is 158 cm³/mol. The van der Waals surface area contributed by atoms with Gasteiger partial charge < -0.3 is 23.9 Å². The maximum Gasteiger partial charge on any atom is 0.352 e. The number of rotatable bonds is 9. The number of para-hydroxylation sites is 1. The van der Waals surface area contributed by atoms with Gasteiger partial charge in [0.05, 0.1) is 36.7 Å². The summed E-state index contributed by atoms with van der Waals surface area (Å²) in [6.45, 7) is 5.11. The molecule has 8 heteroatoms. The van der Waals surface area contributed by atoms with Crippen molar-refractivity contribution in [2.75, 3.05) is 19.8 Å². The van der Waals surface area contributed by atoms with Crippen LogP contribution < -0.4 is 4.74 Å². The van der Waals surface area contributed by atoms with Gasteiger partial charge in [0.25, 0.3) is 0 Å². The Morgan fingerprint density at radius 2 is 2.00 bits per heavy atom. The van der Waals surface area contributed by atoms with Crippen LogP contribution >= 0.6 is 0 Å². The third-order valence-electron chi connectivity index (χ3n) is 8.37. The lowest BCUT2D eigenvalue weighted by atomic mass is 9.91. The van der Waals surface area contributed by atoms with E-state index in [1.165, 1.54) is 24.0 Å². The van der Waals surface area contributed by atoms with Crippen molar-refractivity contribution >= 4 is 16.9 Å². The summed E-state index contributed by atoms with van der Waals surface area (Å²) < 4.78 is 20.0. The Balaban J connectivity index is 1.37. The van der Waals surface area contributed by atoms with Crippen LogP contribution in [0.2, 0.25) is 0 Å². The number of carboxylic acid groups (broad SMARTS) is 1. The normalized spacial score (nSPS) is 15.2. The highest BCUT2D eigenvalue weighted by molar-refractivity contribution is 6.04. The molecule has 0 spiro atoms. The maximum atomic E-state index is 12.8. The van der Waals surface area contributed by atoms with E-state index in [-0.39, 0.29) is 0 Å². The summed E-state index contributed by atoms with van der Waals surface area (Å²) in [6.07, 6.45) is 7.66. The van der Waals surface area contributed by atoms with Crippen LogP contribution in [0.4, 0.5) is 0 Å². The Morgan fingerprint density at radius 1 is 1.12 bits per heavy atom. The maximum absolute atomic E-state index is 12.8. The van der Waals surface area contributed by atoms with E-state index in [1.807, 2.05) is 17.6 Å². The van der Waals surface area contributed by atoms with Crippen LogP contribution in [-0.4, -0.2) is 45.7 Å². The van der Waals surface area contributed by atoms with E-state index in [4.69, 9.17) is 14.2 Å². The van der Waals surface area contributed by atoms with Gasteiger partial charge >= 0.3 is 5.97 Å². The Kier molecular flexibility index (Phi) is 8.39. The molecule has 0 bridgehead atoms. The Bertz CT molecular complexity index is 1520. The van der Waals surface area contributed by atoms with Crippen LogP contribution in [0.5, 0.6) is 5.75 Å². The molecule has 1 aliphatic carbocycles. The zero-order valence-corrected chi connectivity index (χ0v) is 23.8. The van der Waals surface area contributed by atoms with Crippen LogP contribution in [0, 0.1) is 0 Å². The molecule has 0 saturated heterocycles. The molecule has 41 heavy (non-hydrogen) atoms. The molecule has 2 aliphatic rings. The van der Waals surface area contributed by atoms with Gasteiger partial charge in [-0.25, -0.2) is 4.79 Å². The fourth-order valence-electron chi connectivity index (χ4n) is 6.51. The number of benzene rings is 2. The first kappa shape index (κ1) is 27.5. The quantitative estimate of drug-likeness (QED) is 0.229. The number of aryl methyl sites for hydroxylation is 3. The molecule has 1 aliphatic heterocycles. The number of H-pyrrole nitrogens is 1. The Hall–Kier alpha value is -3.62. The largest absolute Gasteiger partial charge is 0.493 e. The minimum atomic E-state index is -0.895. The molecule has 0 amide bonds. The van der Waals surface area contributed by atoms with Crippen molar-refractivity contribution in [3.8, 4) is 16.9 Å². The van der Waals surface area contributed by atoms with Gasteiger partial charge in [-0.2, -0.15) is 5.10 Å². The second-order valence-electron chi connectivity index (χ2n) is 11.0. The molecule has 3 heterocycles. The molecule has 8 nitrogen and oxygen atoms in total. The number of aromatic nitrogens is 3. The highest BCUT2D eigenvalue weighted by atomic mass is 16.5. The van der Waals surface area contributed by atoms with Gasteiger partial charge in [-0.05, 0) is 81.0 Å². The number of aromatic amines is 1. The lowest BCUT2D eigenvalue weighted by Gasteiger charge is -2.19. The number of carbonyl (C=O) groups is 1. The van der Waals surface area contributed by atoms with E-state index in [0.29, 0.717) is 51.7 Å². The molecule has 6 rings (SSSR count). The summed E-state index contributed by atoms with van der Waals surface area (Å²) in [6, 6.07) is 12.5. The first-order valence-electron chi connectivity index (χ1n) is 15.0. The minimum absolute atomic E-state index is 0.374. The van der Waals surface area contributed by atoms with Crippen molar-refractivity contribution in [2.45, 2.75) is 78.0 Å². The smallest absolute Gasteiger partial charge is 0.352 e. The summed E-state index contributed by atoms with van der Waals surface area (Å²) >= 11 is 0. The standard InChI is InChI=1S/C33H39N3O5/c1-2-39-20-27-30-26-14-8-13-24-25(15-9-19-41-29-16-7-11-22-10-3-4-12-23(22)29)32(33(37)38)36(31(24)26)17-5-6-18-40-21-28(30)35-34-27/h7-8,11,13-14,16H,2-6,9-10,12,15,17-21H2,1H3,(H,34,35)(H,37,38). The number of carboxylic acids is 1. The van der Waals surface area contributed by atoms with Gasteiger partial charge in [0.15, 0.2) is 0 Å². The van der Waals surface area contributed by atoms with Crippen LogP contribution in [0.1, 0.15) is 77.6 Å². The molecule has 0 saturated carbocycles. The van der Waals surface area contributed by atoms with Crippen molar-refractivity contribution in [2.24, 2.45) is 0 Å². The van der Waals surface area contributed by atoms with Crippen LogP contribution in [0.25, 0.3) is 22.0 Å². The number of ether oxygens (including phenoxy) is 3. The lowest BCUT2D eigenvalue weighted by molar-refractivity contribution is 0.0683. The minimum Gasteiger partial charge on any atom is -0.493 e. The van der Waals surface area contributed by atoms with E-state index in [0.717, 1.165) is 76.8 Å². The van der Waals surface area contributed by atoms with Crippen LogP contribution in [0.3, 0.4) is 0 Å². The number of nitrogens with one attached hydrogen (secondary N) is 1. The highest BCUT2D eigenvalue weighted by Gasteiger charge is 2.27. The van der Waals surface area contributed by atoms with E-state index >= 15 is 0 Å². The molecule has 216 valence electrons. The average molecular weight is 558 g/mol. The SMILES string of the molecule is CCOCc1n[nH]c2c1-c1cccc3c(CCCOc4cccc5c4CCCC5)c(C(=O)O)n(c13)CCCCOC2. The van der Waals surface area contributed by atoms with Gasteiger partial charge in [-0.3, -0.25) is 5.10 Å². The fraction of sp³-hybridized carbons (Fsp3) is 0.455. The molecule has 0 fully saturated rings. The highest BCUT2D eigenvalue weighted by Crippen LogP contribution is 2.39. The summed E-state index contributed by atoms with van der Waals surface area (Å²) in [5, 5.41) is 19.2. The zero-order chi connectivity index (χ0) is 28.2. The molecule has 0 radical (unpaired) electrons. The number of nitrogens with zero attached hydrogens (tertiary/aromatic N) is 2. The van der Waals surface area contributed by atoms with Crippen molar-refractivity contribution in [3.63, 3.8) is 0 Å². The average Bonchev–Trinajstić information content (AvgIpc) is 3.53. The molecule has 4 aromatic rings. The van der Waals surface area contributed by atoms with Gasteiger partial charge in [0.2, 0.25) is 0 Å². The lowest BCUT2D eigenvalue weighted by Crippen LogP contribution is -2.12. The van der Waals surface area contributed by atoms with E-state index in [1.54, 1.807) is 0 Å². The molecular formula is C33H39N3O5. The van der Waals surface area contributed by atoms with Gasteiger partial charge in [-0.1, -0.05) is 30.3 Å². The summed E-state index contributed by atoms with van der Waals surface area (Å²) in [5.74, 6) is 0.0876.